The highest BCUT2D eigenvalue weighted by atomic mass is 15.1. The summed E-state index contributed by atoms with van der Waals surface area (Å²) < 4.78 is 0. The summed E-state index contributed by atoms with van der Waals surface area (Å²) >= 11 is 0. The molecule has 3 aromatic rings. The van der Waals surface area contributed by atoms with Gasteiger partial charge in [0.1, 0.15) is 0 Å². The fraction of sp³-hybridized carbons (Fsp3) is 0.125. The van der Waals surface area contributed by atoms with E-state index in [0.29, 0.717) is 0 Å². The average molecular weight is 338 g/mol. The van der Waals surface area contributed by atoms with Gasteiger partial charge in [0.05, 0.1) is 5.69 Å². The van der Waals surface area contributed by atoms with E-state index in [2.05, 4.69) is 67.5 Å². The van der Waals surface area contributed by atoms with Crippen molar-refractivity contribution >= 4 is 28.2 Å². The van der Waals surface area contributed by atoms with E-state index in [0.717, 1.165) is 12.1 Å². The van der Waals surface area contributed by atoms with Gasteiger partial charge < -0.3 is 4.90 Å². The van der Waals surface area contributed by atoms with Crippen LogP contribution in [0.3, 0.4) is 0 Å². The van der Waals surface area contributed by atoms with Crippen molar-refractivity contribution in [3.05, 3.63) is 95.7 Å². The third-order valence-corrected chi connectivity index (χ3v) is 4.79. The Bertz CT molecular complexity index is 1020. The molecule has 0 atom stereocenters. The molecule has 4 rings (SSSR count). The van der Waals surface area contributed by atoms with Gasteiger partial charge in [-0.25, -0.2) is 0 Å². The molecule has 26 heavy (non-hydrogen) atoms. The van der Waals surface area contributed by atoms with Gasteiger partial charge in [-0.1, -0.05) is 60.7 Å². The standard InChI is InChI=1S/C24H22N2/c1-26(2)21-14-12-19(16-21)23-15-13-18-8-6-7-11-22(18)24(23)17-25-20-9-4-3-5-10-20/h3-11,13-17H,12H2,1-2H3/b25-17+. The predicted molar refractivity (Wildman–Crippen MR) is 112 cm³/mol. The molecule has 3 aromatic carbocycles. The molecule has 2 heteroatoms. The number of nitrogens with zero attached hydrogens (tertiary/aromatic N) is 2. The normalized spacial score (nSPS) is 13.9. The van der Waals surface area contributed by atoms with Gasteiger partial charge in [0.15, 0.2) is 0 Å². The number of hydrogen-bond donors (Lipinski definition) is 0. The number of fused-ring (bicyclic) bond motifs is 1. The van der Waals surface area contributed by atoms with Crippen LogP contribution in [0.15, 0.2) is 89.6 Å². The summed E-state index contributed by atoms with van der Waals surface area (Å²) in [6, 6.07) is 23.1. The van der Waals surface area contributed by atoms with Gasteiger partial charge in [-0.15, -0.1) is 0 Å². The topological polar surface area (TPSA) is 15.6 Å². The van der Waals surface area contributed by atoms with Crippen LogP contribution < -0.4 is 0 Å². The first-order valence-corrected chi connectivity index (χ1v) is 8.92. The molecule has 0 aliphatic heterocycles. The second kappa shape index (κ2) is 7.01. The maximum Gasteiger partial charge on any atom is 0.0629 e. The summed E-state index contributed by atoms with van der Waals surface area (Å²) in [6.07, 6.45) is 7.53. The smallest absolute Gasteiger partial charge is 0.0629 e. The van der Waals surface area contributed by atoms with Crippen LogP contribution in [0.4, 0.5) is 5.69 Å². The number of aliphatic imine (C=N–C) groups is 1. The van der Waals surface area contributed by atoms with Crippen LogP contribution in [0.1, 0.15) is 17.5 Å². The molecule has 0 fully saturated rings. The van der Waals surface area contributed by atoms with E-state index in [1.54, 1.807) is 0 Å². The number of allylic oxidation sites excluding steroid dienone is 3. The zero-order valence-electron chi connectivity index (χ0n) is 15.2. The summed E-state index contributed by atoms with van der Waals surface area (Å²) in [7, 11) is 4.17. The Kier molecular flexibility index (Phi) is 4.40. The van der Waals surface area contributed by atoms with Crippen LogP contribution in [0.2, 0.25) is 0 Å². The molecule has 0 N–H and O–H groups in total. The highest BCUT2D eigenvalue weighted by Crippen LogP contribution is 2.33. The van der Waals surface area contributed by atoms with Crippen molar-refractivity contribution in [3.63, 3.8) is 0 Å². The van der Waals surface area contributed by atoms with Crippen LogP contribution >= 0.6 is 0 Å². The van der Waals surface area contributed by atoms with E-state index < -0.39 is 0 Å². The van der Waals surface area contributed by atoms with E-state index >= 15 is 0 Å². The minimum Gasteiger partial charge on any atom is -0.378 e. The van der Waals surface area contributed by atoms with Crippen molar-refractivity contribution in [2.45, 2.75) is 6.42 Å². The lowest BCUT2D eigenvalue weighted by Crippen LogP contribution is -2.07. The van der Waals surface area contributed by atoms with Gasteiger partial charge in [0.25, 0.3) is 0 Å². The second-order valence-electron chi connectivity index (χ2n) is 6.74. The van der Waals surface area contributed by atoms with E-state index in [-0.39, 0.29) is 0 Å². The summed E-state index contributed by atoms with van der Waals surface area (Å²) in [5.41, 5.74) is 6.02. The van der Waals surface area contributed by atoms with Crippen LogP contribution in [-0.4, -0.2) is 25.2 Å². The molecule has 0 unspecified atom stereocenters. The van der Waals surface area contributed by atoms with Crippen LogP contribution in [0, 0.1) is 0 Å². The lowest BCUT2D eigenvalue weighted by atomic mass is 9.94. The molecule has 1 aliphatic rings. The minimum absolute atomic E-state index is 0.956. The monoisotopic (exact) mass is 338 g/mol. The Hall–Kier alpha value is -3.13. The molecular formula is C24H22N2. The average Bonchev–Trinajstić information content (AvgIpc) is 3.17. The van der Waals surface area contributed by atoms with E-state index in [1.807, 2.05) is 36.5 Å². The van der Waals surface area contributed by atoms with E-state index in [9.17, 15) is 0 Å². The zero-order valence-corrected chi connectivity index (χ0v) is 15.2. The third kappa shape index (κ3) is 3.18. The lowest BCUT2D eigenvalue weighted by molar-refractivity contribution is 0.531. The maximum absolute atomic E-state index is 4.73. The van der Waals surface area contributed by atoms with Crippen LogP contribution in [0.25, 0.3) is 16.3 Å². The molecule has 0 radical (unpaired) electrons. The fourth-order valence-electron chi connectivity index (χ4n) is 3.38. The van der Waals surface area contributed by atoms with Crippen molar-refractivity contribution in [2.75, 3.05) is 14.1 Å². The number of para-hydroxylation sites is 1. The summed E-state index contributed by atoms with van der Waals surface area (Å²) in [6.45, 7) is 0. The van der Waals surface area contributed by atoms with Gasteiger partial charge in [0.2, 0.25) is 0 Å². The quantitative estimate of drug-likeness (QED) is 0.547. The van der Waals surface area contributed by atoms with Crippen molar-refractivity contribution in [1.82, 2.24) is 4.90 Å². The van der Waals surface area contributed by atoms with Gasteiger partial charge >= 0.3 is 0 Å². The first-order chi connectivity index (χ1) is 12.7. The Morgan fingerprint density at radius 1 is 0.885 bits per heavy atom. The Morgan fingerprint density at radius 2 is 1.65 bits per heavy atom. The Labute approximate surface area is 154 Å². The minimum atomic E-state index is 0.956. The van der Waals surface area contributed by atoms with E-state index in [1.165, 1.54) is 33.2 Å². The number of rotatable bonds is 4. The number of likely N-dealkylation sites (N-methyl/N-ethyl adjacent to an activating group) is 1. The van der Waals surface area contributed by atoms with Crippen LogP contribution in [-0.2, 0) is 0 Å². The molecule has 1 aliphatic carbocycles. The molecule has 0 saturated heterocycles. The molecule has 2 nitrogen and oxygen atoms in total. The molecule has 0 spiro atoms. The van der Waals surface area contributed by atoms with Gasteiger partial charge in [-0.05, 0) is 46.5 Å². The first kappa shape index (κ1) is 16.3. The molecule has 0 bridgehead atoms. The fourth-order valence-corrected chi connectivity index (χ4v) is 3.38. The van der Waals surface area contributed by atoms with Crippen molar-refractivity contribution in [3.8, 4) is 0 Å². The molecule has 0 aromatic heterocycles. The Balaban J connectivity index is 1.83. The van der Waals surface area contributed by atoms with Gasteiger partial charge in [0, 0.05) is 31.6 Å². The predicted octanol–water partition coefficient (Wildman–Crippen LogP) is 5.82. The molecule has 128 valence electrons. The van der Waals surface area contributed by atoms with Crippen molar-refractivity contribution in [1.29, 1.82) is 0 Å². The molecule has 0 heterocycles. The summed E-state index contributed by atoms with van der Waals surface area (Å²) in [4.78, 5) is 6.89. The zero-order chi connectivity index (χ0) is 17.9. The molecule has 0 saturated carbocycles. The first-order valence-electron chi connectivity index (χ1n) is 8.92. The largest absolute Gasteiger partial charge is 0.378 e. The second-order valence-corrected chi connectivity index (χ2v) is 6.74. The number of hydrogen-bond acceptors (Lipinski definition) is 2. The lowest BCUT2D eigenvalue weighted by Gasteiger charge is -2.12. The number of benzene rings is 3. The van der Waals surface area contributed by atoms with Crippen molar-refractivity contribution in [2.24, 2.45) is 4.99 Å². The SMILES string of the molecule is CN(C)C1=CCC(c2ccc3ccccc3c2/C=N/c2ccccc2)=C1. The highest BCUT2D eigenvalue weighted by Gasteiger charge is 2.14. The molecule has 0 amide bonds. The summed E-state index contributed by atoms with van der Waals surface area (Å²) in [5, 5.41) is 2.48. The third-order valence-electron chi connectivity index (χ3n) is 4.79. The Morgan fingerprint density at radius 3 is 2.42 bits per heavy atom. The maximum atomic E-state index is 4.73. The van der Waals surface area contributed by atoms with Crippen molar-refractivity contribution < 1.29 is 0 Å². The van der Waals surface area contributed by atoms with Gasteiger partial charge in [-0.3, -0.25) is 4.99 Å². The molecular weight excluding hydrogens is 316 g/mol. The van der Waals surface area contributed by atoms with Gasteiger partial charge in [-0.2, -0.15) is 0 Å². The highest BCUT2D eigenvalue weighted by molar-refractivity contribution is 6.05. The van der Waals surface area contributed by atoms with E-state index in [4.69, 9.17) is 4.99 Å². The van der Waals surface area contributed by atoms with Crippen LogP contribution in [0.5, 0.6) is 0 Å². The summed E-state index contributed by atoms with van der Waals surface area (Å²) in [5.74, 6) is 0.